The first-order chi connectivity index (χ1) is 10.1. The van der Waals surface area contributed by atoms with E-state index in [0.29, 0.717) is 5.02 Å². The van der Waals surface area contributed by atoms with E-state index in [2.05, 4.69) is 5.32 Å². The summed E-state index contributed by atoms with van der Waals surface area (Å²) >= 11 is 5.70. The van der Waals surface area contributed by atoms with Gasteiger partial charge in [0.05, 0.1) is 0 Å². The molecule has 0 radical (unpaired) electrons. The number of hydrogen-bond acceptors (Lipinski definition) is 2. The highest BCUT2D eigenvalue weighted by atomic mass is 35.5. The second-order valence-electron chi connectivity index (χ2n) is 5.04. The van der Waals surface area contributed by atoms with Crippen molar-refractivity contribution >= 4 is 23.4 Å². The van der Waals surface area contributed by atoms with Crippen LogP contribution in [0.25, 0.3) is 0 Å². The van der Waals surface area contributed by atoms with Gasteiger partial charge in [-0.2, -0.15) is 13.2 Å². The predicted molar refractivity (Wildman–Crippen MR) is 76.6 cm³/mol. The van der Waals surface area contributed by atoms with Crippen molar-refractivity contribution in [2.75, 3.05) is 6.54 Å². The molecule has 0 spiro atoms. The summed E-state index contributed by atoms with van der Waals surface area (Å²) in [5, 5.41) is 4.64. The minimum Gasteiger partial charge on any atom is -0.345 e. The van der Waals surface area contributed by atoms with Crippen LogP contribution in [0.15, 0.2) is 24.3 Å². The van der Waals surface area contributed by atoms with E-state index in [1.165, 1.54) is 24.3 Å². The van der Waals surface area contributed by atoms with Gasteiger partial charge in [-0.15, -0.1) is 0 Å². The number of amides is 2. The molecular formula is C14H16ClF3N2O2. The maximum atomic E-state index is 12.1. The molecule has 0 aromatic heterocycles. The van der Waals surface area contributed by atoms with Crippen molar-refractivity contribution < 1.29 is 22.8 Å². The summed E-state index contributed by atoms with van der Waals surface area (Å²) in [4.78, 5) is 23.8. The predicted octanol–water partition coefficient (Wildman–Crippen LogP) is 2.77. The average Bonchev–Trinajstić information content (AvgIpc) is 2.41. The number of nitrogens with one attached hydrogen (secondary N) is 2. The first kappa shape index (κ1) is 18.3. The maximum absolute atomic E-state index is 12.1. The highest BCUT2D eigenvalue weighted by Gasteiger charge is 2.31. The summed E-state index contributed by atoms with van der Waals surface area (Å²) in [6, 6.07) is 4.87. The van der Waals surface area contributed by atoms with Crippen molar-refractivity contribution in [1.29, 1.82) is 0 Å². The molecule has 22 heavy (non-hydrogen) atoms. The maximum Gasteiger partial charge on any atom is 0.405 e. The molecule has 0 aliphatic heterocycles. The van der Waals surface area contributed by atoms with E-state index in [1.807, 2.05) is 0 Å². The smallest absolute Gasteiger partial charge is 0.345 e. The van der Waals surface area contributed by atoms with Gasteiger partial charge in [0.25, 0.3) is 5.91 Å². The molecule has 2 amide bonds. The van der Waals surface area contributed by atoms with E-state index < -0.39 is 30.6 Å². The van der Waals surface area contributed by atoms with Gasteiger partial charge in [0.1, 0.15) is 12.6 Å². The van der Waals surface area contributed by atoms with E-state index in [1.54, 1.807) is 19.2 Å². The Hall–Kier alpha value is -1.76. The monoisotopic (exact) mass is 336 g/mol. The number of halogens is 4. The van der Waals surface area contributed by atoms with Crippen molar-refractivity contribution in [2.45, 2.75) is 26.1 Å². The van der Waals surface area contributed by atoms with Crippen LogP contribution in [-0.2, 0) is 4.79 Å². The van der Waals surface area contributed by atoms with Crippen LogP contribution in [-0.4, -0.2) is 30.6 Å². The molecule has 0 aliphatic rings. The summed E-state index contributed by atoms with van der Waals surface area (Å²) in [7, 11) is 0. The molecule has 1 aromatic rings. The fraction of sp³-hybridized carbons (Fsp3) is 0.429. The Morgan fingerprint density at radius 1 is 1.18 bits per heavy atom. The number of benzene rings is 1. The Morgan fingerprint density at radius 3 is 2.18 bits per heavy atom. The van der Waals surface area contributed by atoms with Crippen LogP contribution >= 0.6 is 11.6 Å². The third-order valence-electron chi connectivity index (χ3n) is 2.81. The zero-order valence-corrected chi connectivity index (χ0v) is 12.8. The van der Waals surface area contributed by atoms with Crippen molar-refractivity contribution in [3.05, 3.63) is 34.9 Å². The van der Waals surface area contributed by atoms with Gasteiger partial charge in [0.2, 0.25) is 5.91 Å². The normalized spacial score (nSPS) is 12.9. The van der Waals surface area contributed by atoms with E-state index in [0.717, 1.165) is 0 Å². The molecule has 1 aromatic carbocycles. The van der Waals surface area contributed by atoms with E-state index in [-0.39, 0.29) is 11.5 Å². The van der Waals surface area contributed by atoms with E-state index in [9.17, 15) is 22.8 Å². The van der Waals surface area contributed by atoms with Gasteiger partial charge in [0, 0.05) is 10.6 Å². The van der Waals surface area contributed by atoms with Gasteiger partial charge in [-0.1, -0.05) is 25.4 Å². The standard InChI is InChI=1S/C14H16ClF3N2O2/c1-8(2)11(13(22)19-7-14(16,17)18)20-12(21)9-3-5-10(15)6-4-9/h3-6,8,11H,7H2,1-2H3,(H,19,22)(H,20,21). The zero-order valence-electron chi connectivity index (χ0n) is 12.0. The molecule has 4 nitrogen and oxygen atoms in total. The zero-order chi connectivity index (χ0) is 16.9. The van der Waals surface area contributed by atoms with Crippen molar-refractivity contribution in [3.63, 3.8) is 0 Å². The minimum absolute atomic E-state index is 0.263. The van der Waals surface area contributed by atoms with Crippen LogP contribution < -0.4 is 10.6 Å². The van der Waals surface area contributed by atoms with Crippen LogP contribution in [0.5, 0.6) is 0 Å². The van der Waals surface area contributed by atoms with Gasteiger partial charge in [0.15, 0.2) is 0 Å². The Morgan fingerprint density at radius 2 is 1.73 bits per heavy atom. The highest BCUT2D eigenvalue weighted by molar-refractivity contribution is 6.30. The second-order valence-corrected chi connectivity index (χ2v) is 5.47. The summed E-state index contributed by atoms with van der Waals surface area (Å²) < 4.78 is 36.4. The summed E-state index contributed by atoms with van der Waals surface area (Å²) in [6.07, 6.45) is -4.50. The lowest BCUT2D eigenvalue weighted by Crippen LogP contribution is -2.51. The number of rotatable bonds is 5. The molecule has 0 saturated heterocycles. The SMILES string of the molecule is CC(C)C(NC(=O)c1ccc(Cl)cc1)C(=O)NCC(F)(F)F. The number of carbonyl (C=O) groups is 2. The molecule has 1 atom stereocenters. The topological polar surface area (TPSA) is 58.2 Å². The van der Waals surface area contributed by atoms with E-state index in [4.69, 9.17) is 11.6 Å². The molecule has 1 unspecified atom stereocenters. The lowest BCUT2D eigenvalue weighted by Gasteiger charge is -2.22. The van der Waals surface area contributed by atoms with Gasteiger partial charge in [-0.3, -0.25) is 9.59 Å². The lowest BCUT2D eigenvalue weighted by molar-refractivity contribution is -0.140. The van der Waals surface area contributed by atoms with Gasteiger partial charge in [-0.05, 0) is 30.2 Å². The molecular weight excluding hydrogens is 321 g/mol. The summed E-state index contributed by atoms with van der Waals surface area (Å²) in [5.74, 6) is -1.81. The third kappa shape index (κ3) is 5.93. The van der Waals surface area contributed by atoms with Crippen LogP contribution in [0.3, 0.4) is 0 Å². The highest BCUT2D eigenvalue weighted by Crippen LogP contribution is 2.13. The first-order valence-corrected chi connectivity index (χ1v) is 6.89. The molecule has 1 rings (SSSR count). The average molecular weight is 337 g/mol. The Bertz CT molecular complexity index is 530. The minimum atomic E-state index is -4.50. The van der Waals surface area contributed by atoms with Gasteiger partial charge < -0.3 is 10.6 Å². The van der Waals surface area contributed by atoms with Gasteiger partial charge >= 0.3 is 6.18 Å². The fourth-order valence-corrected chi connectivity index (χ4v) is 1.78. The largest absolute Gasteiger partial charge is 0.405 e. The lowest BCUT2D eigenvalue weighted by atomic mass is 10.0. The second kappa shape index (κ2) is 7.49. The fourth-order valence-electron chi connectivity index (χ4n) is 1.66. The number of carbonyl (C=O) groups excluding carboxylic acids is 2. The molecule has 0 fully saturated rings. The Balaban J connectivity index is 2.73. The quantitative estimate of drug-likeness (QED) is 0.868. The number of hydrogen-bond donors (Lipinski definition) is 2. The van der Waals surface area contributed by atoms with Crippen LogP contribution in [0, 0.1) is 5.92 Å². The van der Waals surface area contributed by atoms with Crippen molar-refractivity contribution in [1.82, 2.24) is 10.6 Å². The van der Waals surface area contributed by atoms with E-state index >= 15 is 0 Å². The molecule has 0 bridgehead atoms. The Labute approximate surface area is 131 Å². The summed E-state index contributed by atoms with van der Waals surface area (Å²) in [6.45, 7) is 1.81. The molecule has 8 heteroatoms. The van der Waals surface area contributed by atoms with Crippen molar-refractivity contribution in [2.24, 2.45) is 5.92 Å². The molecule has 2 N–H and O–H groups in total. The summed E-state index contributed by atoms with van der Waals surface area (Å²) in [5.41, 5.74) is 0.263. The van der Waals surface area contributed by atoms with Crippen LogP contribution in [0.4, 0.5) is 13.2 Å². The Kier molecular flexibility index (Phi) is 6.22. The first-order valence-electron chi connectivity index (χ1n) is 6.51. The molecule has 122 valence electrons. The van der Waals surface area contributed by atoms with Gasteiger partial charge in [-0.25, -0.2) is 0 Å². The number of alkyl halides is 3. The van der Waals surface area contributed by atoms with Crippen molar-refractivity contribution in [3.8, 4) is 0 Å². The third-order valence-corrected chi connectivity index (χ3v) is 3.06. The van der Waals surface area contributed by atoms with Crippen LogP contribution in [0.2, 0.25) is 5.02 Å². The molecule has 0 saturated carbocycles. The molecule has 0 aliphatic carbocycles. The molecule has 0 heterocycles. The van der Waals surface area contributed by atoms with Crippen LogP contribution in [0.1, 0.15) is 24.2 Å².